The van der Waals surface area contributed by atoms with Crippen molar-refractivity contribution in [2.45, 2.75) is 122 Å². The Morgan fingerprint density at radius 3 is 2.34 bits per heavy atom. The fraction of sp³-hybridized carbons (Fsp3) is 0.750. The van der Waals surface area contributed by atoms with Crippen LogP contribution >= 0.6 is 0 Å². The standard InChI is InChI=1S/C36H53NO10/c1-20(27(38)10-11-33(2,3)42)22-9-13-36(47-19-21-14-31(45-6)32(46-7)17-26(21)37(43)44)24-15-28(39)25-16-29(40)30(41)18-34(25,4)23(24)8-12-35(22,36)5/h14-15,17,20,22-23,25,27,29-30,38,40-42H,8-13,16,18-19H2,1-7H3/t20?,22?,23?,25?,27?,29?,30-,34?,35?,36?/m1/s1. The number of ketones is 1. The van der Waals surface area contributed by atoms with Gasteiger partial charge in [-0.05, 0) is 106 Å². The van der Waals surface area contributed by atoms with Crippen molar-refractivity contribution in [3.8, 4) is 11.5 Å². The van der Waals surface area contributed by atoms with E-state index < -0.39 is 51.2 Å². The maximum atomic E-state index is 13.9. The molecule has 0 saturated heterocycles. The average Bonchev–Trinajstić information content (AvgIpc) is 3.31. The van der Waals surface area contributed by atoms with E-state index in [9.17, 15) is 35.3 Å². The van der Waals surface area contributed by atoms with Crippen LogP contribution < -0.4 is 9.47 Å². The molecule has 11 nitrogen and oxygen atoms in total. The number of hydrogen-bond donors (Lipinski definition) is 4. The van der Waals surface area contributed by atoms with Gasteiger partial charge in [-0.2, -0.15) is 0 Å². The second kappa shape index (κ2) is 12.7. The zero-order valence-corrected chi connectivity index (χ0v) is 28.8. The Morgan fingerprint density at radius 1 is 1.06 bits per heavy atom. The first-order chi connectivity index (χ1) is 21.9. The number of benzene rings is 1. The summed E-state index contributed by atoms with van der Waals surface area (Å²) in [5.41, 5.74) is -2.00. The molecule has 4 aliphatic carbocycles. The number of allylic oxidation sites excluding steroid dienone is 1. The zero-order chi connectivity index (χ0) is 34.7. The highest BCUT2D eigenvalue weighted by atomic mass is 16.6. The van der Waals surface area contributed by atoms with Crippen LogP contribution in [0.3, 0.4) is 0 Å². The third kappa shape index (κ3) is 6.00. The SMILES string of the molecule is COc1cc(COC23CCC(C(C)C(O)CCC(C)(C)O)C2(C)CCC2C3=CC(=O)C3CC(O)[C@H](O)CC32C)c([N+](=O)[O-])cc1OC. The molecule has 1 aromatic rings. The van der Waals surface area contributed by atoms with Crippen LogP contribution in [0.1, 0.15) is 91.5 Å². The molecular formula is C36H53NO10. The summed E-state index contributed by atoms with van der Waals surface area (Å²) in [6, 6.07) is 2.90. The van der Waals surface area contributed by atoms with Gasteiger partial charge in [-0.15, -0.1) is 0 Å². The van der Waals surface area contributed by atoms with E-state index >= 15 is 0 Å². The summed E-state index contributed by atoms with van der Waals surface area (Å²) < 4.78 is 17.9. The molecule has 4 aliphatic rings. The van der Waals surface area contributed by atoms with Gasteiger partial charge >= 0.3 is 0 Å². The molecule has 0 amide bonds. The fourth-order valence-electron chi connectivity index (χ4n) is 9.98. The van der Waals surface area contributed by atoms with Gasteiger partial charge in [-0.3, -0.25) is 14.9 Å². The van der Waals surface area contributed by atoms with Crippen LogP contribution in [0.5, 0.6) is 11.5 Å². The molecule has 47 heavy (non-hydrogen) atoms. The van der Waals surface area contributed by atoms with Crippen molar-refractivity contribution in [2.75, 3.05) is 14.2 Å². The molecule has 0 spiro atoms. The van der Waals surface area contributed by atoms with E-state index in [0.717, 1.165) is 18.4 Å². The number of carbonyl (C=O) groups excluding carboxylic acids is 1. The number of aliphatic hydroxyl groups is 4. The second-order valence-corrected chi connectivity index (χ2v) is 15.8. The first-order valence-corrected chi connectivity index (χ1v) is 17.0. The smallest absolute Gasteiger partial charge is 0.278 e. The number of methoxy groups -OCH3 is 2. The van der Waals surface area contributed by atoms with Crippen LogP contribution in [0.25, 0.3) is 0 Å². The van der Waals surface area contributed by atoms with Gasteiger partial charge in [-0.1, -0.05) is 20.8 Å². The molecule has 0 bridgehead atoms. The van der Waals surface area contributed by atoms with Crippen LogP contribution in [-0.4, -0.2) is 74.9 Å². The maximum absolute atomic E-state index is 13.9. The van der Waals surface area contributed by atoms with Gasteiger partial charge in [0.25, 0.3) is 5.69 Å². The van der Waals surface area contributed by atoms with E-state index in [-0.39, 0.29) is 54.4 Å². The summed E-state index contributed by atoms with van der Waals surface area (Å²) in [6.45, 7) is 9.61. The van der Waals surface area contributed by atoms with Gasteiger partial charge in [0.2, 0.25) is 0 Å². The molecule has 0 heterocycles. The van der Waals surface area contributed by atoms with Crippen LogP contribution in [0, 0.1) is 44.6 Å². The minimum absolute atomic E-state index is 0.000874. The lowest BCUT2D eigenvalue weighted by Crippen LogP contribution is -2.61. The normalized spacial score (nSPS) is 36.4. The van der Waals surface area contributed by atoms with Crippen LogP contribution in [-0.2, 0) is 16.1 Å². The van der Waals surface area contributed by atoms with Crippen molar-refractivity contribution in [3.63, 3.8) is 0 Å². The quantitative estimate of drug-likeness (QED) is 0.190. The number of fused-ring (bicyclic) bond motifs is 5. The number of hydrogen-bond acceptors (Lipinski definition) is 10. The molecule has 3 saturated carbocycles. The predicted octanol–water partition coefficient (Wildman–Crippen LogP) is 4.89. The molecule has 0 radical (unpaired) electrons. The van der Waals surface area contributed by atoms with Crippen molar-refractivity contribution < 1.29 is 44.4 Å². The highest BCUT2D eigenvalue weighted by Crippen LogP contribution is 2.69. The molecule has 10 atom stereocenters. The van der Waals surface area contributed by atoms with Crippen LogP contribution in [0.15, 0.2) is 23.8 Å². The molecule has 0 aromatic heterocycles. The Kier molecular flexibility index (Phi) is 9.66. The van der Waals surface area contributed by atoms with Gasteiger partial charge in [0.15, 0.2) is 17.3 Å². The summed E-state index contributed by atoms with van der Waals surface area (Å²) in [5, 5.41) is 55.3. The van der Waals surface area contributed by atoms with E-state index in [0.29, 0.717) is 37.0 Å². The van der Waals surface area contributed by atoms with E-state index in [4.69, 9.17) is 14.2 Å². The highest BCUT2D eigenvalue weighted by molar-refractivity contribution is 5.95. The zero-order valence-electron chi connectivity index (χ0n) is 28.8. The second-order valence-electron chi connectivity index (χ2n) is 15.8. The van der Waals surface area contributed by atoms with Gasteiger partial charge in [-0.25, -0.2) is 0 Å². The lowest BCUT2D eigenvalue weighted by molar-refractivity contribution is -0.386. The number of ether oxygens (including phenoxy) is 3. The van der Waals surface area contributed by atoms with Gasteiger partial charge in [0.1, 0.15) is 0 Å². The molecule has 5 rings (SSSR count). The predicted molar refractivity (Wildman–Crippen MR) is 174 cm³/mol. The topological polar surface area (TPSA) is 169 Å². The van der Waals surface area contributed by atoms with E-state index in [1.165, 1.54) is 20.3 Å². The third-order valence-corrected chi connectivity index (χ3v) is 12.7. The van der Waals surface area contributed by atoms with Crippen molar-refractivity contribution in [3.05, 3.63) is 39.5 Å². The summed E-state index contributed by atoms with van der Waals surface area (Å²) in [5.74, 6) is -0.191. The number of nitro groups is 1. The largest absolute Gasteiger partial charge is 0.493 e. The number of carbonyl (C=O) groups is 1. The molecule has 1 aromatic carbocycles. The summed E-state index contributed by atoms with van der Waals surface area (Å²) in [6.07, 6.45) is 3.27. The summed E-state index contributed by atoms with van der Waals surface area (Å²) in [4.78, 5) is 25.7. The lowest BCUT2D eigenvalue weighted by Gasteiger charge is -2.61. The Balaban J connectivity index is 1.59. The number of nitro benzene ring substituents is 1. The summed E-state index contributed by atoms with van der Waals surface area (Å²) >= 11 is 0. The number of aliphatic hydroxyl groups excluding tert-OH is 3. The van der Waals surface area contributed by atoms with Gasteiger partial charge in [0, 0.05) is 11.3 Å². The Labute approximate surface area is 277 Å². The van der Waals surface area contributed by atoms with Crippen molar-refractivity contribution in [1.29, 1.82) is 0 Å². The molecular weight excluding hydrogens is 606 g/mol. The molecule has 0 aliphatic heterocycles. The average molecular weight is 660 g/mol. The maximum Gasteiger partial charge on any atom is 0.278 e. The van der Waals surface area contributed by atoms with E-state index in [1.807, 2.05) is 13.8 Å². The number of rotatable bonds is 11. The van der Waals surface area contributed by atoms with E-state index in [1.54, 1.807) is 26.0 Å². The molecule has 4 N–H and O–H groups in total. The van der Waals surface area contributed by atoms with E-state index in [2.05, 4.69) is 6.92 Å². The van der Waals surface area contributed by atoms with Crippen molar-refractivity contribution in [1.82, 2.24) is 0 Å². The minimum Gasteiger partial charge on any atom is -0.493 e. The monoisotopic (exact) mass is 659 g/mol. The fourth-order valence-corrected chi connectivity index (χ4v) is 9.98. The summed E-state index contributed by atoms with van der Waals surface area (Å²) in [7, 11) is 2.88. The van der Waals surface area contributed by atoms with Crippen molar-refractivity contribution >= 4 is 11.5 Å². The lowest BCUT2D eigenvalue weighted by atomic mass is 9.45. The Morgan fingerprint density at radius 2 is 1.72 bits per heavy atom. The molecule has 262 valence electrons. The highest BCUT2D eigenvalue weighted by Gasteiger charge is 2.68. The Bertz CT molecular complexity index is 1400. The van der Waals surface area contributed by atoms with Crippen LogP contribution in [0.2, 0.25) is 0 Å². The van der Waals surface area contributed by atoms with Gasteiger partial charge in [0.05, 0.1) is 66.9 Å². The van der Waals surface area contributed by atoms with Crippen molar-refractivity contribution in [2.24, 2.45) is 34.5 Å². The third-order valence-electron chi connectivity index (χ3n) is 12.7. The Hall–Kier alpha value is -2.57. The van der Waals surface area contributed by atoms with Gasteiger partial charge < -0.3 is 34.6 Å². The first kappa shape index (κ1) is 35.7. The van der Waals surface area contributed by atoms with Crippen LogP contribution in [0.4, 0.5) is 5.69 Å². The molecule has 9 unspecified atom stereocenters. The minimum atomic E-state index is -0.976. The first-order valence-electron chi connectivity index (χ1n) is 17.0. The molecule has 11 heteroatoms. The number of nitrogens with zero attached hydrogens (tertiary/aromatic N) is 1. The molecule has 3 fully saturated rings.